The maximum atomic E-state index is 10.4. The third-order valence-corrected chi connectivity index (χ3v) is 4.99. The summed E-state index contributed by atoms with van der Waals surface area (Å²) in [7, 11) is 0. The average Bonchev–Trinajstić information content (AvgIpc) is 2.63. The van der Waals surface area contributed by atoms with Gasteiger partial charge in [-0.25, -0.2) is 0 Å². The Balaban J connectivity index is 2.50. The van der Waals surface area contributed by atoms with Crippen molar-refractivity contribution >= 4 is 0 Å². The summed E-state index contributed by atoms with van der Waals surface area (Å²) in [6.45, 7) is 18.2. The molecule has 0 amide bonds. The van der Waals surface area contributed by atoms with Gasteiger partial charge in [0.25, 0.3) is 0 Å². The molecule has 0 bridgehead atoms. The molecule has 0 heterocycles. The van der Waals surface area contributed by atoms with E-state index in [2.05, 4.69) is 97.1 Å². The number of hydrogen-bond acceptors (Lipinski definition) is 3. The lowest BCUT2D eigenvalue weighted by Gasteiger charge is -2.31. The van der Waals surface area contributed by atoms with Gasteiger partial charge in [-0.1, -0.05) is 85.7 Å². The summed E-state index contributed by atoms with van der Waals surface area (Å²) in [5, 5.41) is 13.7. The number of nitrogens with one attached hydrogen (secondary N) is 1. The first-order valence-electron chi connectivity index (χ1n) is 10.7. The summed E-state index contributed by atoms with van der Waals surface area (Å²) in [5.41, 5.74) is 4.59. The van der Waals surface area contributed by atoms with E-state index in [0.717, 1.165) is 5.75 Å². The molecule has 2 N–H and O–H groups in total. The number of benzene rings is 2. The molecule has 0 radical (unpaired) electrons. The Morgan fingerprint density at radius 2 is 1.38 bits per heavy atom. The molecule has 160 valence electrons. The summed E-state index contributed by atoms with van der Waals surface area (Å²) in [4.78, 5) is 0. The van der Waals surface area contributed by atoms with Crippen molar-refractivity contribution in [3.8, 4) is 16.9 Å². The van der Waals surface area contributed by atoms with Gasteiger partial charge in [0, 0.05) is 23.7 Å². The average molecular weight is 398 g/mol. The molecule has 0 spiro atoms. The van der Waals surface area contributed by atoms with E-state index in [-0.39, 0.29) is 17.4 Å². The van der Waals surface area contributed by atoms with E-state index in [9.17, 15) is 5.11 Å². The first-order valence-corrected chi connectivity index (χ1v) is 10.7. The molecule has 0 aliphatic heterocycles. The van der Waals surface area contributed by atoms with Crippen molar-refractivity contribution in [3.63, 3.8) is 0 Å². The Bertz CT molecular complexity index is 748. The second kappa shape index (κ2) is 9.32. The van der Waals surface area contributed by atoms with Crippen LogP contribution in [0.15, 0.2) is 42.5 Å². The maximum absolute atomic E-state index is 10.4. The van der Waals surface area contributed by atoms with Crippen LogP contribution in [-0.4, -0.2) is 30.4 Å². The van der Waals surface area contributed by atoms with Crippen LogP contribution >= 0.6 is 0 Å². The van der Waals surface area contributed by atoms with E-state index in [0.29, 0.717) is 12.6 Å². The SMILES string of the molecule is CC(C)NCC(O)COc1c(C(C)(C)C)cc(-c2ccccc2)cc1C(C)(C)C. The summed E-state index contributed by atoms with van der Waals surface area (Å²) in [5.74, 6) is 0.910. The van der Waals surface area contributed by atoms with Crippen molar-refractivity contribution < 1.29 is 9.84 Å². The van der Waals surface area contributed by atoms with Crippen LogP contribution in [0.5, 0.6) is 5.75 Å². The molecule has 2 aromatic carbocycles. The largest absolute Gasteiger partial charge is 0.490 e. The molecular formula is C26H39NO2. The topological polar surface area (TPSA) is 41.5 Å². The predicted molar refractivity (Wildman–Crippen MR) is 124 cm³/mol. The molecule has 3 heteroatoms. The number of ether oxygens (including phenoxy) is 1. The van der Waals surface area contributed by atoms with Crippen LogP contribution in [0.25, 0.3) is 11.1 Å². The van der Waals surface area contributed by atoms with Crippen LogP contribution in [0.3, 0.4) is 0 Å². The third-order valence-electron chi connectivity index (χ3n) is 4.99. The zero-order valence-corrected chi connectivity index (χ0v) is 19.5. The van der Waals surface area contributed by atoms with E-state index < -0.39 is 6.10 Å². The molecule has 0 aromatic heterocycles. The summed E-state index contributed by atoms with van der Waals surface area (Å²) < 4.78 is 6.32. The number of aliphatic hydroxyl groups is 1. The lowest BCUT2D eigenvalue weighted by molar-refractivity contribution is 0.102. The fraction of sp³-hybridized carbons (Fsp3) is 0.538. The van der Waals surface area contributed by atoms with E-state index in [1.165, 1.54) is 22.3 Å². The lowest BCUT2D eigenvalue weighted by atomic mass is 9.77. The highest BCUT2D eigenvalue weighted by Crippen LogP contribution is 2.42. The van der Waals surface area contributed by atoms with Crippen LogP contribution in [0.4, 0.5) is 0 Å². The fourth-order valence-electron chi connectivity index (χ4n) is 3.31. The van der Waals surface area contributed by atoms with Crippen molar-refractivity contribution in [2.45, 2.75) is 78.4 Å². The minimum atomic E-state index is -0.549. The highest BCUT2D eigenvalue weighted by Gasteiger charge is 2.28. The Morgan fingerprint density at radius 1 is 0.862 bits per heavy atom. The van der Waals surface area contributed by atoms with Crippen LogP contribution in [0.1, 0.15) is 66.5 Å². The lowest BCUT2D eigenvalue weighted by Crippen LogP contribution is -2.35. The minimum absolute atomic E-state index is 0.0821. The van der Waals surface area contributed by atoms with Crippen LogP contribution in [0.2, 0.25) is 0 Å². The maximum Gasteiger partial charge on any atom is 0.126 e. The Hall–Kier alpha value is -1.84. The number of rotatable bonds is 7. The van der Waals surface area contributed by atoms with Crippen molar-refractivity contribution in [1.29, 1.82) is 0 Å². The highest BCUT2D eigenvalue weighted by molar-refractivity contribution is 5.69. The van der Waals surface area contributed by atoms with E-state index in [4.69, 9.17) is 4.74 Å². The van der Waals surface area contributed by atoms with Gasteiger partial charge in [-0.3, -0.25) is 0 Å². The zero-order valence-electron chi connectivity index (χ0n) is 19.5. The van der Waals surface area contributed by atoms with Gasteiger partial charge in [-0.05, 0) is 34.1 Å². The van der Waals surface area contributed by atoms with Gasteiger partial charge in [-0.2, -0.15) is 0 Å². The van der Waals surface area contributed by atoms with Crippen molar-refractivity contribution in [2.75, 3.05) is 13.2 Å². The molecule has 1 unspecified atom stereocenters. The zero-order chi connectivity index (χ0) is 21.8. The first-order chi connectivity index (χ1) is 13.4. The fourth-order valence-corrected chi connectivity index (χ4v) is 3.31. The molecule has 2 aromatic rings. The van der Waals surface area contributed by atoms with Gasteiger partial charge in [0.2, 0.25) is 0 Å². The molecule has 0 aliphatic carbocycles. The summed E-state index contributed by atoms with van der Waals surface area (Å²) in [6.07, 6.45) is -0.549. The standard InChI is InChI=1S/C26H39NO2/c1-18(2)27-16-21(28)17-29-24-22(25(3,4)5)14-20(15-23(24)26(6,7)8)19-12-10-9-11-13-19/h9-15,18,21,27-28H,16-17H2,1-8H3. The van der Waals surface area contributed by atoms with E-state index >= 15 is 0 Å². The van der Waals surface area contributed by atoms with E-state index in [1.807, 2.05) is 6.07 Å². The van der Waals surface area contributed by atoms with Crippen LogP contribution in [-0.2, 0) is 10.8 Å². The van der Waals surface area contributed by atoms with Crippen molar-refractivity contribution in [2.24, 2.45) is 0 Å². The van der Waals surface area contributed by atoms with Gasteiger partial charge >= 0.3 is 0 Å². The highest BCUT2D eigenvalue weighted by atomic mass is 16.5. The van der Waals surface area contributed by atoms with Gasteiger partial charge in [0.15, 0.2) is 0 Å². The second-order valence-electron chi connectivity index (χ2n) is 10.3. The molecule has 2 rings (SSSR count). The Morgan fingerprint density at radius 3 is 1.83 bits per heavy atom. The van der Waals surface area contributed by atoms with Gasteiger partial charge in [0.05, 0.1) is 0 Å². The molecule has 0 saturated heterocycles. The molecule has 0 aliphatic rings. The van der Waals surface area contributed by atoms with Gasteiger partial charge in [-0.15, -0.1) is 0 Å². The monoisotopic (exact) mass is 397 g/mol. The first kappa shape index (κ1) is 23.4. The molecular weight excluding hydrogens is 358 g/mol. The van der Waals surface area contributed by atoms with E-state index in [1.54, 1.807) is 0 Å². The summed E-state index contributed by atoms with van der Waals surface area (Å²) >= 11 is 0. The Kier molecular flexibility index (Phi) is 7.53. The predicted octanol–water partition coefficient (Wildman–Crippen LogP) is 5.69. The third kappa shape index (κ3) is 6.58. The van der Waals surface area contributed by atoms with Crippen molar-refractivity contribution in [3.05, 3.63) is 53.6 Å². The normalized spacial score (nSPS) is 13.6. The molecule has 29 heavy (non-hydrogen) atoms. The summed E-state index contributed by atoms with van der Waals surface area (Å²) in [6, 6.07) is 15.3. The number of aliphatic hydroxyl groups excluding tert-OH is 1. The molecule has 1 atom stereocenters. The van der Waals surface area contributed by atoms with Crippen LogP contribution < -0.4 is 10.1 Å². The van der Waals surface area contributed by atoms with Gasteiger partial charge < -0.3 is 15.2 Å². The molecule has 3 nitrogen and oxygen atoms in total. The number of hydrogen-bond donors (Lipinski definition) is 2. The Labute approximate surface area is 177 Å². The minimum Gasteiger partial charge on any atom is -0.490 e. The van der Waals surface area contributed by atoms with Crippen molar-refractivity contribution in [1.82, 2.24) is 5.32 Å². The smallest absolute Gasteiger partial charge is 0.126 e. The van der Waals surface area contributed by atoms with Gasteiger partial charge in [0.1, 0.15) is 18.5 Å². The molecule has 0 saturated carbocycles. The second-order valence-corrected chi connectivity index (χ2v) is 10.3. The quantitative estimate of drug-likeness (QED) is 0.631. The van der Waals surface area contributed by atoms with Crippen LogP contribution in [0, 0.1) is 0 Å². The molecule has 0 fully saturated rings.